The summed E-state index contributed by atoms with van der Waals surface area (Å²) in [4.78, 5) is 17.1. The van der Waals surface area contributed by atoms with Gasteiger partial charge in [0.15, 0.2) is 0 Å². The van der Waals surface area contributed by atoms with Crippen LogP contribution in [0.3, 0.4) is 0 Å². The van der Waals surface area contributed by atoms with Gasteiger partial charge < -0.3 is 10.1 Å². The predicted molar refractivity (Wildman–Crippen MR) is 124 cm³/mol. The topological polar surface area (TPSA) is 51.2 Å². The average molecular weight is 409 g/mol. The van der Waals surface area contributed by atoms with Crippen LogP contribution in [0.5, 0.6) is 5.75 Å². The number of hydrogen-bond donors (Lipinski definition) is 1. The Morgan fingerprint density at radius 2 is 1.61 bits per heavy atom. The molecule has 4 rings (SSSR count). The molecule has 1 aromatic heterocycles. The monoisotopic (exact) mass is 408 g/mol. The van der Waals surface area contributed by atoms with Crippen LogP contribution in [0.4, 0.5) is 5.69 Å². The number of benzene rings is 3. The lowest BCUT2D eigenvalue weighted by Crippen LogP contribution is -2.13. The van der Waals surface area contributed by atoms with E-state index in [1.54, 1.807) is 12.4 Å². The second-order valence-electron chi connectivity index (χ2n) is 7.45. The molecule has 0 atom stereocenters. The molecule has 4 heteroatoms. The van der Waals surface area contributed by atoms with Crippen molar-refractivity contribution < 1.29 is 9.53 Å². The maximum atomic E-state index is 13.0. The van der Waals surface area contributed by atoms with E-state index in [0.717, 1.165) is 39.3 Å². The number of pyridine rings is 1. The Morgan fingerprint density at radius 1 is 0.903 bits per heavy atom. The first-order valence-corrected chi connectivity index (χ1v) is 10.2. The minimum Gasteiger partial charge on any atom is -0.488 e. The number of amides is 1. The van der Waals surface area contributed by atoms with Gasteiger partial charge in [0.2, 0.25) is 0 Å². The number of ether oxygens (including phenoxy) is 1. The molecule has 0 radical (unpaired) electrons. The third kappa shape index (κ3) is 4.81. The minimum absolute atomic E-state index is 0.145. The smallest absolute Gasteiger partial charge is 0.255 e. The third-order valence-corrected chi connectivity index (χ3v) is 5.09. The van der Waals surface area contributed by atoms with Crippen molar-refractivity contribution in [3.63, 3.8) is 0 Å². The number of hydrogen-bond acceptors (Lipinski definition) is 3. The molecule has 0 saturated carbocycles. The van der Waals surface area contributed by atoms with E-state index >= 15 is 0 Å². The maximum absolute atomic E-state index is 13.0. The molecule has 0 aliphatic rings. The minimum atomic E-state index is -0.145. The lowest BCUT2D eigenvalue weighted by Gasteiger charge is -2.15. The van der Waals surface area contributed by atoms with Crippen LogP contribution >= 0.6 is 0 Å². The van der Waals surface area contributed by atoms with Crippen molar-refractivity contribution in [1.29, 1.82) is 0 Å². The fourth-order valence-electron chi connectivity index (χ4n) is 3.60. The Balaban J connectivity index is 1.54. The Labute approximate surface area is 182 Å². The molecule has 0 unspecified atom stereocenters. The highest BCUT2D eigenvalue weighted by Crippen LogP contribution is 2.29. The number of nitrogens with zero attached hydrogens (tertiary/aromatic N) is 1. The van der Waals surface area contributed by atoms with Crippen molar-refractivity contribution in [2.24, 2.45) is 0 Å². The predicted octanol–water partition coefficient (Wildman–Crippen LogP) is 6.20. The maximum Gasteiger partial charge on any atom is 0.255 e. The fourth-order valence-corrected chi connectivity index (χ4v) is 3.60. The van der Waals surface area contributed by atoms with E-state index in [2.05, 4.69) is 10.3 Å². The molecule has 0 aliphatic heterocycles. The van der Waals surface area contributed by atoms with Gasteiger partial charge in [0.1, 0.15) is 12.4 Å². The van der Waals surface area contributed by atoms with Crippen LogP contribution in [-0.4, -0.2) is 10.9 Å². The highest BCUT2D eigenvalue weighted by atomic mass is 16.5. The van der Waals surface area contributed by atoms with E-state index in [9.17, 15) is 4.79 Å². The number of nitrogens with one attached hydrogen (secondary N) is 1. The van der Waals surface area contributed by atoms with E-state index in [4.69, 9.17) is 4.74 Å². The van der Waals surface area contributed by atoms with Crippen LogP contribution < -0.4 is 10.1 Å². The van der Waals surface area contributed by atoms with Gasteiger partial charge in [0, 0.05) is 34.8 Å². The number of para-hydroxylation sites is 1. The largest absolute Gasteiger partial charge is 0.488 e. The van der Waals surface area contributed by atoms with Crippen LogP contribution in [0.25, 0.3) is 11.1 Å². The van der Waals surface area contributed by atoms with E-state index in [0.29, 0.717) is 12.2 Å². The molecule has 4 nitrogen and oxygen atoms in total. The first-order chi connectivity index (χ1) is 15.1. The molecule has 0 aliphatic carbocycles. The SMILES string of the molecule is Cc1cc(C(=O)Nc2ccccc2-c2ccccc2)cc(C)c1OCc1cccnc1. The Kier molecular flexibility index (Phi) is 6.08. The van der Waals surface area contributed by atoms with Gasteiger partial charge in [-0.15, -0.1) is 0 Å². The second-order valence-corrected chi connectivity index (χ2v) is 7.45. The van der Waals surface area contributed by atoms with Crippen LogP contribution in [0.2, 0.25) is 0 Å². The van der Waals surface area contributed by atoms with E-state index in [1.807, 2.05) is 92.7 Å². The lowest BCUT2D eigenvalue weighted by atomic mass is 10.0. The second kappa shape index (κ2) is 9.26. The van der Waals surface area contributed by atoms with Crippen LogP contribution in [0.1, 0.15) is 27.0 Å². The first-order valence-electron chi connectivity index (χ1n) is 10.2. The Hall–Kier alpha value is -3.92. The summed E-state index contributed by atoms with van der Waals surface area (Å²) in [6.07, 6.45) is 3.53. The summed E-state index contributed by atoms with van der Waals surface area (Å²) in [5.41, 5.74) is 6.28. The summed E-state index contributed by atoms with van der Waals surface area (Å²) >= 11 is 0. The molecule has 0 spiro atoms. The summed E-state index contributed by atoms with van der Waals surface area (Å²) in [6.45, 7) is 4.35. The molecule has 3 aromatic carbocycles. The van der Waals surface area contributed by atoms with Crippen molar-refractivity contribution in [1.82, 2.24) is 4.98 Å². The summed E-state index contributed by atoms with van der Waals surface area (Å²) in [5.74, 6) is 0.651. The van der Waals surface area contributed by atoms with Crippen molar-refractivity contribution >= 4 is 11.6 Å². The molecule has 1 heterocycles. The van der Waals surface area contributed by atoms with Gasteiger partial charge in [-0.2, -0.15) is 0 Å². The number of anilines is 1. The zero-order valence-electron chi connectivity index (χ0n) is 17.6. The summed E-state index contributed by atoms with van der Waals surface area (Å²) in [7, 11) is 0. The summed E-state index contributed by atoms with van der Waals surface area (Å²) in [6, 6.07) is 25.5. The molecule has 0 saturated heterocycles. The van der Waals surface area contributed by atoms with Crippen molar-refractivity contribution in [3.8, 4) is 16.9 Å². The third-order valence-electron chi connectivity index (χ3n) is 5.09. The summed E-state index contributed by atoms with van der Waals surface area (Å²) < 4.78 is 6.01. The Morgan fingerprint density at radius 3 is 2.32 bits per heavy atom. The quantitative estimate of drug-likeness (QED) is 0.413. The van der Waals surface area contributed by atoms with Gasteiger partial charge in [-0.05, 0) is 54.8 Å². The number of carbonyl (C=O) groups is 1. The van der Waals surface area contributed by atoms with Gasteiger partial charge in [0.25, 0.3) is 5.91 Å². The first kappa shape index (κ1) is 20.4. The summed E-state index contributed by atoms with van der Waals surface area (Å²) in [5, 5.41) is 3.07. The number of aromatic nitrogens is 1. The molecule has 31 heavy (non-hydrogen) atoms. The number of carbonyl (C=O) groups excluding carboxylic acids is 1. The van der Waals surface area contributed by atoms with E-state index in [-0.39, 0.29) is 5.91 Å². The van der Waals surface area contributed by atoms with E-state index < -0.39 is 0 Å². The van der Waals surface area contributed by atoms with Crippen LogP contribution in [0.15, 0.2) is 91.3 Å². The highest BCUT2D eigenvalue weighted by Gasteiger charge is 2.14. The molecule has 4 aromatic rings. The van der Waals surface area contributed by atoms with Crippen LogP contribution in [-0.2, 0) is 6.61 Å². The van der Waals surface area contributed by atoms with Crippen LogP contribution in [0, 0.1) is 13.8 Å². The van der Waals surface area contributed by atoms with Gasteiger partial charge in [-0.3, -0.25) is 9.78 Å². The van der Waals surface area contributed by atoms with Gasteiger partial charge in [-0.1, -0.05) is 54.6 Å². The molecule has 154 valence electrons. The van der Waals surface area contributed by atoms with Crippen molar-refractivity contribution in [2.75, 3.05) is 5.32 Å². The zero-order chi connectivity index (χ0) is 21.6. The van der Waals surface area contributed by atoms with Crippen molar-refractivity contribution in [3.05, 3.63) is 114 Å². The molecule has 1 amide bonds. The molecular formula is C27H24N2O2. The zero-order valence-corrected chi connectivity index (χ0v) is 17.6. The van der Waals surface area contributed by atoms with Gasteiger partial charge in [0.05, 0.1) is 0 Å². The van der Waals surface area contributed by atoms with Crippen molar-refractivity contribution in [2.45, 2.75) is 20.5 Å². The molecule has 0 fully saturated rings. The highest BCUT2D eigenvalue weighted by molar-refractivity contribution is 6.06. The standard InChI is InChI=1S/C27H24N2O2/c1-19-15-23(16-20(2)26(19)31-18-21-9-8-14-28-17-21)27(30)29-25-13-7-6-12-24(25)22-10-4-3-5-11-22/h3-17H,18H2,1-2H3,(H,29,30). The van der Waals surface area contributed by atoms with E-state index in [1.165, 1.54) is 0 Å². The average Bonchev–Trinajstić information content (AvgIpc) is 2.80. The van der Waals surface area contributed by atoms with Gasteiger partial charge in [-0.25, -0.2) is 0 Å². The normalized spacial score (nSPS) is 10.5. The molecule has 0 bridgehead atoms. The Bertz CT molecular complexity index is 1170. The number of rotatable bonds is 6. The lowest BCUT2D eigenvalue weighted by molar-refractivity contribution is 0.102. The molecule has 1 N–H and O–H groups in total. The molecular weight excluding hydrogens is 384 g/mol. The fraction of sp³-hybridized carbons (Fsp3) is 0.111. The number of aryl methyl sites for hydroxylation is 2. The van der Waals surface area contributed by atoms with Gasteiger partial charge >= 0.3 is 0 Å².